The van der Waals surface area contributed by atoms with Crippen LogP contribution >= 0.6 is 0 Å². The summed E-state index contributed by atoms with van der Waals surface area (Å²) >= 11 is 0. The third kappa shape index (κ3) is 2.17. The van der Waals surface area contributed by atoms with Crippen LogP contribution in [0.4, 0.5) is 0 Å². The molecule has 0 bridgehead atoms. The third-order valence-electron chi connectivity index (χ3n) is 1.91. The molecule has 0 radical (unpaired) electrons. The van der Waals surface area contributed by atoms with Crippen molar-refractivity contribution in [3.63, 3.8) is 0 Å². The lowest BCUT2D eigenvalue weighted by Crippen LogP contribution is -3.19. The van der Waals surface area contributed by atoms with E-state index in [1.165, 1.54) is 0 Å². The van der Waals surface area contributed by atoms with Gasteiger partial charge in [-0.25, -0.2) is 5.41 Å². The Morgan fingerprint density at radius 1 is 1.45 bits per heavy atom. The fraction of sp³-hybridized carbons (Fsp3) is 0.857. The van der Waals surface area contributed by atoms with Gasteiger partial charge in [0.05, 0.1) is 0 Å². The minimum absolute atomic E-state index is 0.220. The van der Waals surface area contributed by atoms with Gasteiger partial charge in [0, 0.05) is 0 Å². The molecule has 0 aromatic heterocycles. The van der Waals surface area contributed by atoms with Crippen LogP contribution in [-0.2, 0) is 4.74 Å². The van der Waals surface area contributed by atoms with Crippen LogP contribution in [0.25, 0.3) is 0 Å². The van der Waals surface area contributed by atoms with E-state index in [0.29, 0.717) is 0 Å². The van der Waals surface area contributed by atoms with Gasteiger partial charge in [0.25, 0.3) is 5.96 Å². The molecule has 4 nitrogen and oxygen atoms in total. The monoisotopic (exact) mass is 158 g/mol. The van der Waals surface area contributed by atoms with Gasteiger partial charge in [-0.1, -0.05) is 0 Å². The first kappa shape index (κ1) is 8.49. The Kier molecular flexibility index (Phi) is 2.46. The number of quaternary nitrogens is 1. The van der Waals surface area contributed by atoms with Gasteiger partial charge in [0.2, 0.25) is 0 Å². The summed E-state index contributed by atoms with van der Waals surface area (Å²) in [6, 6.07) is 0. The molecule has 0 amide bonds. The largest absolute Gasteiger partial charge is 0.364 e. The zero-order chi connectivity index (χ0) is 8.43. The SMILES string of the molecule is CC1C[NH+](C(=N)N)CC(C)O1. The summed E-state index contributed by atoms with van der Waals surface area (Å²) < 4.78 is 5.49. The van der Waals surface area contributed by atoms with E-state index in [9.17, 15) is 0 Å². The van der Waals surface area contributed by atoms with Crippen LogP contribution in [0.3, 0.4) is 0 Å². The molecule has 0 aromatic rings. The number of hydrogen-bond donors (Lipinski definition) is 3. The molecular formula is C7H16N3O+. The highest BCUT2D eigenvalue weighted by molar-refractivity contribution is 5.64. The van der Waals surface area contributed by atoms with Gasteiger partial charge in [-0.05, 0) is 13.8 Å². The maximum absolute atomic E-state index is 7.25. The van der Waals surface area contributed by atoms with Crippen LogP contribution in [0.1, 0.15) is 13.8 Å². The molecule has 0 aromatic carbocycles. The molecule has 11 heavy (non-hydrogen) atoms. The number of hydrogen-bond acceptors (Lipinski definition) is 2. The van der Waals surface area contributed by atoms with Gasteiger partial charge in [-0.2, -0.15) is 0 Å². The first-order chi connectivity index (χ1) is 5.09. The molecule has 1 fully saturated rings. The van der Waals surface area contributed by atoms with E-state index >= 15 is 0 Å². The van der Waals surface area contributed by atoms with Crippen LogP contribution in [0.5, 0.6) is 0 Å². The van der Waals surface area contributed by atoms with Gasteiger partial charge in [0.1, 0.15) is 25.3 Å². The maximum Gasteiger partial charge on any atom is 0.290 e. The summed E-state index contributed by atoms with van der Waals surface area (Å²) in [6.07, 6.45) is 0.440. The predicted molar refractivity (Wildman–Crippen MR) is 42.6 cm³/mol. The van der Waals surface area contributed by atoms with Gasteiger partial charge in [-0.15, -0.1) is 0 Å². The van der Waals surface area contributed by atoms with E-state index in [2.05, 4.69) is 0 Å². The topological polar surface area (TPSA) is 63.5 Å². The van der Waals surface area contributed by atoms with Crippen molar-refractivity contribution in [3.8, 4) is 0 Å². The van der Waals surface area contributed by atoms with E-state index in [0.717, 1.165) is 18.0 Å². The van der Waals surface area contributed by atoms with E-state index in [1.807, 2.05) is 13.8 Å². The zero-order valence-corrected chi connectivity index (χ0v) is 7.05. The molecule has 0 spiro atoms. The Bertz CT molecular complexity index is 150. The molecule has 1 aliphatic heterocycles. The van der Waals surface area contributed by atoms with Crippen LogP contribution in [0.15, 0.2) is 0 Å². The van der Waals surface area contributed by atoms with E-state index in [4.69, 9.17) is 15.9 Å². The van der Waals surface area contributed by atoms with Gasteiger partial charge in [-0.3, -0.25) is 4.90 Å². The average Bonchev–Trinajstić information content (AvgIpc) is 1.85. The maximum atomic E-state index is 7.25. The van der Waals surface area contributed by atoms with Crippen molar-refractivity contribution in [2.45, 2.75) is 26.1 Å². The molecule has 1 rings (SSSR count). The average molecular weight is 158 g/mol. The number of rotatable bonds is 0. The molecular weight excluding hydrogens is 142 g/mol. The van der Waals surface area contributed by atoms with E-state index in [1.54, 1.807) is 0 Å². The summed E-state index contributed by atoms with van der Waals surface area (Å²) in [4.78, 5) is 1.04. The van der Waals surface area contributed by atoms with Gasteiger partial charge in [0.15, 0.2) is 0 Å². The molecule has 2 atom stereocenters. The lowest BCUT2D eigenvalue weighted by Gasteiger charge is -2.30. The van der Waals surface area contributed by atoms with Crippen molar-refractivity contribution in [1.82, 2.24) is 0 Å². The first-order valence-electron chi connectivity index (χ1n) is 3.94. The lowest BCUT2D eigenvalue weighted by atomic mass is 10.2. The summed E-state index contributed by atoms with van der Waals surface area (Å²) in [5, 5.41) is 7.25. The number of nitrogens with one attached hydrogen (secondary N) is 2. The summed E-state index contributed by atoms with van der Waals surface area (Å²) in [5.41, 5.74) is 5.38. The Morgan fingerprint density at radius 3 is 2.27 bits per heavy atom. The highest BCUT2D eigenvalue weighted by Gasteiger charge is 2.27. The Labute approximate surface area is 66.8 Å². The van der Waals surface area contributed by atoms with Crippen molar-refractivity contribution < 1.29 is 9.64 Å². The second kappa shape index (κ2) is 3.19. The molecule has 0 saturated carbocycles. The highest BCUT2D eigenvalue weighted by atomic mass is 16.5. The second-order valence-corrected chi connectivity index (χ2v) is 3.18. The molecule has 4 N–H and O–H groups in total. The number of guanidine groups is 1. The molecule has 1 saturated heterocycles. The first-order valence-corrected chi connectivity index (χ1v) is 3.94. The summed E-state index contributed by atoms with van der Waals surface area (Å²) in [6.45, 7) is 5.66. The van der Waals surface area contributed by atoms with Gasteiger partial charge < -0.3 is 10.5 Å². The van der Waals surface area contributed by atoms with Crippen molar-refractivity contribution in [2.24, 2.45) is 5.73 Å². The minimum atomic E-state index is 0.220. The Hall–Kier alpha value is -0.610. The second-order valence-electron chi connectivity index (χ2n) is 3.18. The summed E-state index contributed by atoms with van der Waals surface area (Å²) in [7, 11) is 0. The zero-order valence-electron chi connectivity index (χ0n) is 7.05. The molecule has 1 aliphatic rings. The molecule has 64 valence electrons. The smallest absolute Gasteiger partial charge is 0.290 e. The lowest BCUT2D eigenvalue weighted by molar-refractivity contribution is -0.827. The Balaban J connectivity index is 2.49. The van der Waals surface area contributed by atoms with Crippen LogP contribution in [0.2, 0.25) is 0 Å². The fourth-order valence-electron chi connectivity index (χ4n) is 1.49. The highest BCUT2D eigenvalue weighted by Crippen LogP contribution is 1.97. The number of nitrogens with two attached hydrogens (primary N) is 1. The summed E-state index contributed by atoms with van der Waals surface area (Å²) in [5.74, 6) is 0.229. The van der Waals surface area contributed by atoms with Crippen LogP contribution in [-0.4, -0.2) is 31.3 Å². The standard InChI is InChI=1S/C7H15N3O/c1-5-3-10(7(8)9)4-6(2)11-5/h5-6H,3-4H2,1-2H3,(H3,8,9)/p+1. The number of morpholine rings is 1. The Morgan fingerprint density at radius 2 is 1.91 bits per heavy atom. The van der Waals surface area contributed by atoms with Crippen molar-refractivity contribution >= 4 is 5.96 Å². The van der Waals surface area contributed by atoms with Gasteiger partial charge >= 0.3 is 0 Å². The molecule has 0 aliphatic carbocycles. The normalized spacial score (nSPS) is 38.5. The third-order valence-corrected chi connectivity index (χ3v) is 1.91. The predicted octanol–water partition coefficient (Wildman–Crippen LogP) is -1.43. The van der Waals surface area contributed by atoms with Crippen LogP contribution < -0.4 is 10.6 Å². The molecule has 2 unspecified atom stereocenters. The van der Waals surface area contributed by atoms with E-state index < -0.39 is 0 Å². The van der Waals surface area contributed by atoms with Crippen molar-refractivity contribution in [2.75, 3.05) is 13.1 Å². The van der Waals surface area contributed by atoms with Crippen molar-refractivity contribution in [1.29, 1.82) is 5.41 Å². The van der Waals surface area contributed by atoms with E-state index in [-0.39, 0.29) is 18.2 Å². The molecule has 4 heteroatoms. The van der Waals surface area contributed by atoms with Crippen LogP contribution in [0, 0.1) is 5.41 Å². The minimum Gasteiger partial charge on any atom is -0.364 e. The number of ether oxygens (including phenoxy) is 1. The quantitative estimate of drug-likeness (QED) is 0.299. The molecule has 1 heterocycles. The van der Waals surface area contributed by atoms with Crippen molar-refractivity contribution in [3.05, 3.63) is 0 Å². The fourth-order valence-corrected chi connectivity index (χ4v) is 1.49.